The smallest absolute Gasteiger partial charge is 0.222 e. The van der Waals surface area contributed by atoms with Gasteiger partial charge in [-0.05, 0) is 23.6 Å². The van der Waals surface area contributed by atoms with Crippen LogP contribution in [0.2, 0.25) is 0 Å². The third kappa shape index (κ3) is 4.32. The molecular weight excluding hydrogens is 336 g/mol. The van der Waals surface area contributed by atoms with Crippen molar-refractivity contribution in [2.24, 2.45) is 0 Å². The van der Waals surface area contributed by atoms with Crippen LogP contribution in [0.15, 0.2) is 48.1 Å². The van der Waals surface area contributed by atoms with Crippen molar-refractivity contribution in [3.63, 3.8) is 0 Å². The SMILES string of the molecule is COCCC(=O)NCCn1ncc(-c2ccccn2)c1-c1cccs1. The molecule has 25 heavy (non-hydrogen) atoms. The van der Waals surface area contributed by atoms with Crippen LogP contribution in [0.5, 0.6) is 0 Å². The van der Waals surface area contributed by atoms with Crippen molar-refractivity contribution >= 4 is 17.2 Å². The summed E-state index contributed by atoms with van der Waals surface area (Å²) in [5.41, 5.74) is 2.91. The molecule has 7 heteroatoms. The lowest BCUT2D eigenvalue weighted by molar-refractivity contribution is -0.121. The first-order valence-electron chi connectivity index (χ1n) is 8.06. The van der Waals surface area contributed by atoms with Gasteiger partial charge >= 0.3 is 0 Å². The van der Waals surface area contributed by atoms with Crippen molar-refractivity contribution in [2.75, 3.05) is 20.3 Å². The number of thiophene rings is 1. The Hall–Kier alpha value is -2.51. The van der Waals surface area contributed by atoms with Crippen molar-refractivity contribution in [1.82, 2.24) is 20.1 Å². The van der Waals surface area contributed by atoms with Gasteiger partial charge in [0.25, 0.3) is 0 Å². The quantitative estimate of drug-likeness (QED) is 0.674. The summed E-state index contributed by atoms with van der Waals surface area (Å²) in [6.07, 6.45) is 3.98. The zero-order valence-corrected chi connectivity index (χ0v) is 14.8. The number of rotatable bonds is 8. The molecule has 1 N–H and O–H groups in total. The molecule has 0 aliphatic carbocycles. The zero-order valence-electron chi connectivity index (χ0n) is 14.0. The summed E-state index contributed by atoms with van der Waals surface area (Å²) in [7, 11) is 1.59. The van der Waals surface area contributed by atoms with Crippen LogP contribution in [0.1, 0.15) is 6.42 Å². The molecule has 0 aromatic carbocycles. The molecule has 3 aromatic rings. The van der Waals surface area contributed by atoms with Gasteiger partial charge in [-0.3, -0.25) is 14.5 Å². The van der Waals surface area contributed by atoms with Gasteiger partial charge in [0.15, 0.2) is 0 Å². The van der Waals surface area contributed by atoms with Gasteiger partial charge in [0, 0.05) is 31.8 Å². The van der Waals surface area contributed by atoms with Crippen LogP contribution < -0.4 is 5.32 Å². The minimum absolute atomic E-state index is 0.0170. The van der Waals surface area contributed by atoms with Crippen LogP contribution in [0.25, 0.3) is 21.8 Å². The standard InChI is InChI=1S/C18H20N4O2S/c1-24-11-7-17(23)20-9-10-22-18(16-6-4-12-25-16)14(13-21-22)15-5-2-3-8-19-15/h2-6,8,12-13H,7,9-11H2,1H3,(H,20,23). The Labute approximate surface area is 150 Å². The third-order valence-corrected chi connectivity index (χ3v) is 4.59. The molecule has 0 spiro atoms. The maximum atomic E-state index is 11.7. The van der Waals surface area contributed by atoms with Crippen molar-refractivity contribution in [2.45, 2.75) is 13.0 Å². The molecule has 0 saturated carbocycles. The number of aromatic nitrogens is 3. The first-order chi connectivity index (χ1) is 12.3. The third-order valence-electron chi connectivity index (χ3n) is 3.71. The predicted molar refractivity (Wildman–Crippen MR) is 98.3 cm³/mol. The summed E-state index contributed by atoms with van der Waals surface area (Å²) in [5.74, 6) is -0.0170. The van der Waals surface area contributed by atoms with E-state index < -0.39 is 0 Å². The summed E-state index contributed by atoms with van der Waals surface area (Å²) in [6.45, 7) is 1.54. The fraction of sp³-hybridized carbons (Fsp3) is 0.278. The van der Waals surface area contributed by atoms with Crippen LogP contribution in [-0.2, 0) is 16.1 Å². The first-order valence-corrected chi connectivity index (χ1v) is 8.94. The Balaban J connectivity index is 1.78. The van der Waals surface area contributed by atoms with E-state index in [9.17, 15) is 4.79 Å². The van der Waals surface area contributed by atoms with Crippen LogP contribution in [0, 0.1) is 0 Å². The van der Waals surface area contributed by atoms with E-state index in [0.717, 1.165) is 21.8 Å². The molecule has 3 heterocycles. The lowest BCUT2D eigenvalue weighted by Gasteiger charge is -2.09. The fourth-order valence-corrected chi connectivity index (χ4v) is 3.31. The van der Waals surface area contributed by atoms with Gasteiger partial charge in [-0.1, -0.05) is 12.1 Å². The van der Waals surface area contributed by atoms with E-state index in [0.29, 0.717) is 26.1 Å². The van der Waals surface area contributed by atoms with E-state index in [-0.39, 0.29) is 5.91 Å². The van der Waals surface area contributed by atoms with Gasteiger partial charge in [-0.25, -0.2) is 0 Å². The molecule has 0 unspecified atom stereocenters. The number of nitrogens with one attached hydrogen (secondary N) is 1. The molecule has 0 aliphatic rings. The van der Waals surface area contributed by atoms with Crippen LogP contribution >= 0.6 is 11.3 Å². The van der Waals surface area contributed by atoms with E-state index >= 15 is 0 Å². The molecule has 0 aliphatic heterocycles. The van der Waals surface area contributed by atoms with Gasteiger partial charge in [0.05, 0.1) is 35.6 Å². The largest absolute Gasteiger partial charge is 0.384 e. The summed E-state index contributed by atoms with van der Waals surface area (Å²) < 4.78 is 6.84. The molecule has 130 valence electrons. The number of methoxy groups -OCH3 is 1. The van der Waals surface area contributed by atoms with Gasteiger partial charge in [-0.15, -0.1) is 11.3 Å². The average molecular weight is 356 g/mol. The maximum absolute atomic E-state index is 11.7. The lowest BCUT2D eigenvalue weighted by Crippen LogP contribution is -2.28. The highest BCUT2D eigenvalue weighted by atomic mass is 32.1. The number of pyridine rings is 1. The Bertz CT molecular complexity index is 800. The van der Waals surface area contributed by atoms with Crippen molar-refractivity contribution < 1.29 is 9.53 Å². The van der Waals surface area contributed by atoms with E-state index in [4.69, 9.17) is 4.74 Å². The molecule has 0 saturated heterocycles. The van der Waals surface area contributed by atoms with Crippen LogP contribution in [0.4, 0.5) is 0 Å². The number of nitrogens with zero attached hydrogens (tertiary/aromatic N) is 3. The van der Waals surface area contributed by atoms with Gasteiger partial charge in [0.1, 0.15) is 0 Å². The molecule has 6 nitrogen and oxygen atoms in total. The fourth-order valence-electron chi connectivity index (χ4n) is 2.52. The summed E-state index contributed by atoms with van der Waals surface area (Å²) in [5, 5.41) is 9.45. The Morgan fingerprint density at radius 2 is 2.24 bits per heavy atom. The van der Waals surface area contributed by atoms with Crippen molar-refractivity contribution in [3.05, 3.63) is 48.1 Å². The number of ether oxygens (including phenoxy) is 1. The molecule has 0 atom stereocenters. The molecule has 0 radical (unpaired) electrons. The number of hydrogen-bond acceptors (Lipinski definition) is 5. The summed E-state index contributed by atoms with van der Waals surface area (Å²) >= 11 is 1.66. The monoisotopic (exact) mass is 356 g/mol. The van der Waals surface area contributed by atoms with Crippen LogP contribution in [0.3, 0.4) is 0 Å². The highest BCUT2D eigenvalue weighted by molar-refractivity contribution is 7.13. The van der Waals surface area contributed by atoms with Gasteiger partial charge in [0.2, 0.25) is 5.91 Å². The summed E-state index contributed by atoms with van der Waals surface area (Å²) in [4.78, 5) is 17.3. The van der Waals surface area contributed by atoms with Gasteiger partial charge in [-0.2, -0.15) is 5.10 Å². The Morgan fingerprint density at radius 3 is 2.96 bits per heavy atom. The molecule has 1 amide bonds. The van der Waals surface area contributed by atoms with E-state index in [2.05, 4.69) is 21.5 Å². The molecule has 3 aromatic heterocycles. The summed E-state index contributed by atoms with van der Waals surface area (Å²) in [6, 6.07) is 9.93. The van der Waals surface area contributed by atoms with E-state index in [1.165, 1.54) is 0 Å². The van der Waals surface area contributed by atoms with E-state index in [1.54, 1.807) is 24.6 Å². The maximum Gasteiger partial charge on any atom is 0.222 e. The number of carbonyl (C=O) groups excluding carboxylic acids is 1. The topological polar surface area (TPSA) is 69.0 Å². The number of amides is 1. The highest BCUT2D eigenvalue weighted by Gasteiger charge is 2.16. The highest BCUT2D eigenvalue weighted by Crippen LogP contribution is 2.33. The zero-order chi connectivity index (χ0) is 17.5. The Kier molecular flexibility index (Phi) is 5.92. The first kappa shape index (κ1) is 17.3. The molecular formula is C18H20N4O2S. The average Bonchev–Trinajstić information content (AvgIpc) is 3.30. The molecule has 0 fully saturated rings. The van der Waals surface area contributed by atoms with Crippen molar-refractivity contribution in [1.29, 1.82) is 0 Å². The number of hydrogen-bond donors (Lipinski definition) is 1. The second kappa shape index (κ2) is 8.55. The normalized spacial score (nSPS) is 10.8. The second-order valence-corrected chi connectivity index (χ2v) is 6.36. The molecule has 3 rings (SSSR count). The van der Waals surface area contributed by atoms with Gasteiger partial charge < -0.3 is 10.1 Å². The van der Waals surface area contributed by atoms with Crippen molar-refractivity contribution in [3.8, 4) is 21.8 Å². The van der Waals surface area contributed by atoms with Crippen LogP contribution in [-0.4, -0.2) is 40.9 Å². The predicted octanol–water partition coefficient (Wildman–Crippen LogP) is 2.83. The molecule has 0 bridgehead atoms. The second-order valence-electron chi connectivity index (χ2n) is 5.42. The number of carbonyl (C=O) groups is 1. The minimum Gasteiger partial charge on any atom is -0.384 e. The van der Waals surface area contributed by atoms with E-state index in [1.807, 2.05) is 40.5 Å². The minimum atomic E-state index is -0.0170. The Morgan fingerprint density at radius 1 is 1.32 bits per heavy atom. The lowest BCUT2D eigenvalue weighted by atomic mass is 10.1.